The molecule has 0 aliphatic rings. The van der Waals surface area contributed by atoms with Gasteiger partial charge in [-0.3, -0.25) is 13.8 Å². The Kier molecular flexibility index (Phi) is 8.71. The second-order valence-corrected chi connectivity index (χ2v) is 6.70. The molecule has 0 saturated heterocycles. The standard InChI is InChI=1S/C14H10N3.C11H7F2N2O.Pt/c1-2-6-11(7-3-1)13-10-14(17-16-13)12-8-4-5-9-15-12;1-16-11-5-4-10(14-15-11)8-3-2-7(12)6-9(8)13;/h1-10H;2,4-6H,1H3;/q2*-1;+2. The fourth-order valence-corrected chi connectivity index (χ4v) is 2.89. The van der Waals surface area contributed by atoms with Gasteiger partial charge in [-0.1, -0.05) is 59.8 Å². The largest absolute Gasteiger partial charge is 2.00 e. The van der Waals surface area contributed by atoms with Crippen molar-refractivity contribution in [3.8, 4) is 39.8 Å². The maximum Gasteiger partial charge on any atom is 2.00 e. The van der Waals surface area contributed by atoms with Crippen LogP contribution >= 0.6 is 0 Å². The van der Waals surface area contributed by atoms with Crippen LogP contribution in [0.4, 0.5) is 8.78 Å². The molecule has 6 nitrogen and oxygen atoms in total. The van der Waals surface area contributed by atoms with Crippen LogP contribution in [0.2, 0.25) is 0 Å². The zero-order chi connectivity index (χ0) is 23.0. The number of methoxy groups -OCH3 is 1. The molecule has 172 valence electrons. The van der Waals surface area contributed by atoms with Crippen LogP contribution in [0.15, 0.2) is 85.1 Å². The van der Waals surface area contributed by atoms with E-state index in [0.29, 0.717) is 5.88 Å². The Morgan fingerprint density at radius 3 is 2.29 bits per heavy atom. The van der Waals surface area contributed by atoms with Gasteiger partial charge >= 0.3 is 21.1 Å². The minimum absolute atomic E-state index is 0. The zero-order valence-electron chi connectivity index (χ0n) is 17.8. The van der Waals surface area contributed by atoms with Crippen molar-refractivity contribution in [2.24, 2.45) is 0 Å². The maximum absolute atomic E-state index is 13.3. The van der Waals surface area contributed by atoms with Crippen molar-refractivity contribution in [1.82, 2.24) is 25.4 Å². The van der Waals surface area contributed by atoms with Crippen molar-refractivity contribution in [3.05, 3.63) is 103 Å². The summed E-state index contributed by atoms with van der Waals surface area (Å²) in [5.74, 6) is -1.08. The molecule has 0 atom stereocenters. The molecule has 0 unspecified atom stereocenters. The molecule has 5 rings (SSSR count). The SMILES string of the molecule is COc1ccc(-c2[c-]cc(F)cc2F)nn1.[Pt+2].c1ccc(-c2cc(-c3ccccn3)[n-]n2)cc1. The predicted octanol–water partition coefficient (Wildman–Crippen LogP) is 5.00. The summed E-state index contributed by atoms with van der Waals surface area (Å²) in [6.45, 7) is 0. The van der Waals surface area contributed by atoms with Crippen LogP contribution in [0.3, 0.4) is 0 Å². The van der Waals surface area contributed by atoms with Gasteiger partial charge in [-0.2, -0.15) is 5.10 Å². The van der Waals surface area contributed by atoms with Crippen LogP contribution in [-0.2, 0) is 21.1 Å². The third-order valence-corrected chi connectivity index (χ3v) is 4.50. The van der Waals surface area contributed by atoms with Gasteiger partial charge in [0.05, 0.1) is 7.11 Å². The molecule has 0 bridgehead atoms. The van der Waals surface area contributed by atoms with Crippen molar-refractivity contribution in [2.45, 2.75) is 0 Å². The number of hydrogen-bond acceptors (Lipinski definition) is 5. The number of benzene rings is 2. The second-order valence-electron chi connectivity index (χ2n) is 6.70. The summed E-state index contributed by atoms with van der Waals surface area (Å²) in [4.78, 5) is 4.25. The van der Waals surface area contributed by atoms with Gasteiger partial charge in [-0.05, 0) is 29.8 Å². The molecule has 34 heavy (non-hydrogen) atoms. The van der Waals surface area contributed by atoms with E-state index in [0.717, 1.165) is 34.8 Å². The molecule has 0 spiro atoms. The third kappa shape index (κ3) is 6.17. The fourth-order valence-electron chi connectivity index (χ4n) is 2.89. The van der Waals surface area contributed by atoms with E-state index in [-0.39, 0.29) is 32.3 Å². The van der Waals surface area contributed by atoms with Crippen LogP contribution in [0, 0.1) is 17.7 Å². The van der Waals surface area contributed by atoms with Gasteiger partial charge in [0.15, 0.2) is 0 Å². The molecule has 5 aromatic rings. The van der Waals surface area contributed by atoms with Crippen molar-refractivity contribution in [1.29, 1.82) is 0 Å². The summed E-state index contributed by atoms with van der Waals surface area (Å²) < 4.78 is 30.8. The minimum atomic E-state index is -0.723. The van der Waals surface area contributed by atoms with E-state index in [1.807, 2.05) is 54.6 Å². The first-order valence-corrected chi connectivity index (χ1v) is 9.86. The first-order chi connectivity index (χ1) is 16.1. The van der Waals surface area contributed by atoms with Crippen LogP contribution in [-0.4, -0.2) is 27.4 Å². The summed E-state index contributed by atoms with van der Waals surface area (Å²) in [6, 6.07) is 25.1. The Morgan fingerprint density at radius 1 is 0.853 bits per heavy atom. The van der Waals surface area contributed by atoms with Crippen molar-refractivity contribution < 1.29 is 34.6 Å². The van der Waals surface area contributed by atoms with Gasteiger partial charge in [0.1, 0.15) is 0 Å². The Balaban J connectivity index is 0.000000186. The van der Waals surface area contributed by atoms with Gasteiger partial charge < -0.3 is 14.9 Å². The molecule has 0 radical (unpaired) electrons. The molecule has 0 fully saturated rings. The molecule has 0 aliphatic carbocycles. The number of ether oxygens (including phenoxy) is 1. The van der Waals surface area contributed by atoms with E-state index in [4.69, 9.17) is 4.74 Å². The number of aromatic nitrogens is 5. The Hall–Kier alpha value is -3.77. The second kappa shape index (κ2) is 11.9. The molecule has 3 aromatic heterocycles. The summed E-state index contributed by atoms with van der Waals surface area (Å²) in [6.07, 6.45) is 1.76. The zero-order valence-corrected chi connectivity index (χ0v) is 20.1. The van der Waals surface area contributed by atoms with Crippen LogP contribution < -0.4 is 9.84 Å². The van der Waals surface area contributed by atoms with Gasteiger partial charge in [0, 0.05) is 34.9 Å². The number of hydrogen-bond donors (Lipinski definition) is 0. The van der Waals surface area contributed by atoms with Crippen LogP contribution in [0.1, 0.15) is 0 Å². The molecular formula is C25H17F2N5OPt. The van der Waals surface area contributed by atoms with E-state index in [1.165, 1.54) is 13.2 Å². The van der Waals surface area contributed by atoms with Gasteiger partial charge in [-0.15, -0.1) is 17.2 Å². The maximum atomic E-state index is 13.3. The fraction of sp³-hybridized carbons (Fsp3) is 0.0400. The molecule has 0 aliphatic heterocycles. The van der Waals surface area contributed by atoms with Gasteiger partial charge in [0.2, 0.25) is 5.88 Å². The first kappa shape index (κ1) is 24.9. The minimum Gasteiger partial charge on any atom is -0.573 e. The number of pyridine rings is 1. The summed E-state index contributed by atoms with van der Waals surface area (Å²) >= 11 is 0. The molecule has 3 heterocycles. The Bertz CT molecular complexity index is 1260. The Labute approximate surface area is 209 Å². The number of nitrogens with zero attached hydrogens (tertiary/aromatic N) is 5. The normalized spacial score (nSPS) is 9.97. The Morgan fingerprint density at radius 2 is 1.65 bits per heavy atom. The molecule has 9 heteroatoms. The third-order valence-electron chi connectivity index (χ3n) is 4.50. The average molecular weight is 637 g/mol. The smallest absolute Gasteiger partial charge is 0.573 e. The predicted molar refractivity (Wildman–Crippen MR) is 119 cm³/mol. The van der Waals surface area contributed by atoms with E-state index in [9.17, 15) is 8.78 Å². The van der Waals surface area contributed by atoms with Crippen molar-refractivity contribution in [2.75, 3.05) is 7.11 Å². The van der Waals surface area contributed by atoms with Crippen molar-refractivity contribution in [3.63, 3.8) is 0 Å². The summed E-state index contributed by atoms with van der Waals surface area (Å²) in [7, 11) is 1.45. The van der Waals surface area contributed by atoms with Crippen molar-refractivity contribution >= 4 is 0 Å². The van der Waals surface area contributed by atoms with E-state index in [1.54, 1.807) is 12.3 Å². The monoisotopic (exact) mass is 636 g/mol. The van der Waals surface area contributed by atoms with Crippen LogP contribution in [0.5, 0.6) is 5.88 Å². The van der Waals surface area contributed by atoms with E-state index < -0.39 is 11.6 Å². The molecule has 0 amide bonds. The quantitative estimate of drug-likeness (QED) is 0.259. The van der Waals surface area contributed by atoms with E-state index >= 15 is 0 Å². The first-order valence-electron chi connectivity index (χ1n) is 9.86. The van der Waals surface area contributed by atoms with Crippen LogP contribution in [0.25, 0.3) is 33.9 Å². The van der Waals surface area contributed by atoms with E-state index in [2.05, 4.69) is 31.4 Å². The summed E-state index contributed by atoms with van der Waals surface area (Å²) in [5.41, 5.74) is 3.97. The number of rotatable bonds is 4. The van der Waals surface area contributed by atoms with Gasteiger partial charge in [-0.25, -0.2) is 0 Å². The topological polar surface area (TPSA) is 74.9 Å². The van der Waals surface area contributed by atoms with Gasteiger partial charge in [0.25, 0.3) is 0 Å². The molecule has 0 saturated carbocycles. The molecule has 2 aromatic carbocycles. The molecule has 0 N–H and O–H groups in total. The number of halogens is 2. The summed E-state index contributed by atoms with van der Waals surface area (Å²) in [5, 5.41) is 15.7. The molecular weight excluding hydrogens is 619 g/mol. The average Bonchev–Trinajstić information content (AvgIpc) is 3.36.